The predicted molar refractivity (Wildman–Crippen MR) is 52.6 cm³/mol. The van der Waals surface area contributed by atoms with Gasteiger partial charge in [-0.15, -0.1) is 0 Å². The minimum Gasteiger partial charge on any atom is -0.267 e. The van der Waals surface area contributed by atoms with E-state index in [2.05, 4.69) is 13.8 Å². The summed E-state index contributed by atoms with van der Waals surface area (Å²) < 4.78 is 0. The molecule has 0 saturated carbocycles. The molecule has 0 aliphatic heterocycles. The summed E-state index contributed by atoms with van der Waals surface area (Å²) in [5.41, 5.74) is 8.60. The number of carbonyl (C=O) groups excluding carboxylic acids is 1. The van der Waals surface area contributed by atoms with E-state index in [4.69, 9.17) is 5.73 Å². The van der Waals surface area contributed by atoms with Crippen molar-refractivity contribution in [3.05, 3.63) is 35.4 Å². The summed E-state index contributed by atoms with van der Waals surface area (Å²) in [6.45, 7) is 4.28. The Hall–Kier alpha value is -1.31. The first kappa shape index (κ1) is 9.78. The standard InChI is InChI=1S/C11H14NO/c1-3-8(2)9-4-6-10(7-5-9)11(12)13/h4-8,12H,3H2,1-2H3. The summed E-state index contributed by atoms with van der Waals surface area (Å²) in [5.74, 6) is -0.0920. The van der Waals surface area contributed by atoms with Crippen LogP contribution in [-0.4, -0.2) is 5.91 Å². The lowest BCUT2D eigenvalue weighted by atomic mass is 9.98. The number of nitrogens with one attached hydrogen (secondary N) is 1. The second-order valence-corrected chi connectivity index (χ2v) is 3.26. The minimum absolute atomic E-state index is 0.465. The number of rotatable bonds is 3. The highest BCUT2D eigenvalue weighted by atomic mass is 16.1. The summed E-state index contributed by atoms with van der Waals surface area (Å²) in [6.07, 6.45) is 1.09. The first-order chi connectivity index (χ1) is 6.15. The van der Waals surface area contributed by atoms with Crippen molar-refractivity contribution in [2.45, 2.75) is 26.2 Å². The van der Waals surface area contributed by atoms with Crippen LogP contribution in [0.4, 0.5) is 0 Å². The van der Waals surface area contributed by atoms with Gasteiger partial charge in [0.05, 0.1) is 0 Å². The van der Waals surface area contributed by atoms with Crippen LogP contribution in [0.2, 0.25) is 0 Å². The van der Waals surface area contributed by atoms with Gasteiger partial charge in [-0.2, -0.15) is 0 Å². The fourth-order valence-corrected chi connectivity index (χ4v) is 1.20. The molecule has 0 spiro atoms. The van der Waals surface area contributed by atoms with Gasteiger partial charge < -0.3 is 0 Å². The number of benzene rings is 1. The lowest BCUT2D eigenvalue weighted by Crippen LogP contribution is -1.99. The quantitative estimate of drug-likeness (QED) is 0.697. The highest BCUT2D eigenvalue weighted by Gasteiger charge is 2.04. The number of carbonyl (C=O) groups is 1. The SMILES string of the molecule is CCC(C)c1ccc(C([NH])=O)cc1. The van der Waals surface area contributed by atoms with E-state index in [9.17, 15) is 4.79 Å². The molecule has 0 aliphatic rings. The molecule has 1 aromatic rings. The van der Waals surface area contributed by atoms with Gasteiger partial charge in [0.15, 0.2) is 0 Å². The van der Waals surface area contributed by atoms with Gasteiger partial charge in [-0.05, 0) is 30.0 Å². The Morgan fingerprint density at radius 1 is 1.38 bits per heavy atom. The zero-order chi connectivity index (χ0) is 9.84. The fraction of sp³-hybridized carbons (Fsp3) is 0.364. The van der Waals surface area contributed by atoms with E-state index in [1.807, 2.05) is 12.1 Å². The molecule has 0 bridgehead atoms. The molecular weight excluding hydrogens is 162 g/mol. The molecule has 1 radical (unpaired) electrons. The Morgan fingerprint density at radius 2 is 1.92 bits per heavy atom. The molecule has 0 saturated heterocycles. The molecule has 2 heteroatoms. The monoisotopic (exact) mass is 176 g/mol. The smallest absolute Gasteiger partial charge is 0.267 e. The van der Waals surface area contributed by atoms with Gasteiger partial charge in [0.2, 0.25) is 0 Å². The molecule has 1 amide bonds. The first-order valence-corrected chi connectivity index (χ1v) is 4.51. The zero-order valence-electron chi connectivity index (χ0n) is 8.00. The molecule has 1 unspecified atom stereocenters. The van der Waals surface area contributed by atoms with E-state index in [0.29, 0.717) is 11.5 Å². The summed E-state index contributed by atoms with van der Waals surface area (Å²) in [5, 5.41) is 0. The van der Waals surface area contributed by atoms with Gasteiger partial charge in [0.1, 0.15) is 0 Å². The molecule has 1 N–H and O–H groups in total. The first-order valence-electron chi connectivity index (χ1n) is 4.51. The van der Waals surface area contributed by atoms with Crippen molar-refractivity contribution < 1.29 is 4.79 Å². The molecule has 1 aromatic carbocycles. The number of hydrogen-bond donors (Lipinski definition) is 0. The Balaban J connectivity index is 2.87. The van der Waals surface area contributed by atoms with E-state index in [1.165, 1.54) is 5.56 Å². The third-order valence-electron chi connectivity index (χ3n) is 2.35. The van der Waals surface area contributed by atoms with Crippen LogP contribution >= 0.6 is 0 Å². The van der Waals surface area contributed by atoms with E-state index < -0.39 is 5.91 Å². The molecule has 13 heavy (non-hydrogen) atoms. The van der Waals surface area contributed by atoms with Gasteiger partial charge in [-0.3, -0.25) is 10.5 Å². The second-order valence-electron chi connectivity index (χ2n) is 3.26. The average molecular weight is 176 g/mol. The van der Waals surface area contributed by atoms with E-state index in [1.54, 1.807) is 12.1 Å². The van der Waals surface area contributed by atoms with Crippen LogP contribution < -0.4 is 5.73 Å². The van der Waals surface area contributed by atoms with E-state index in [-0.39, 0.29) is 0 Å². The van der Waals surface area contributed by atoms with Crippen molar-refractivity contribution >= 4 is 5.91 Å². The van der Waals surface area contributed by atoms with Crippen LogP contribution in [0, 0.1) is 0 Å². The molecule has 2 nitrogen and oxygen atoms in total. The third kappa shape index (κ3) is 2.31. The molecule has 0 aliphatic carbocycles. The zero-order valence-corrected chi connectivity index (χ0v) is 8.00. The average Bonchev–Trinajstić information content (AvgIpc) is 2.17. The maximum absolute atomic E-state index is 10.7. The second kappa shape index (κ2) is 4.08. The van der Waals surface area contributed by atoms with Gasteiger partial charge >= 0.3 is 0 Å². The normalized spacial score (nSPS) is 12.5. The summed E-state index contributed by atoms with van der Waals surface area (Å²) in [6, 6.07) is 7.29. The molecule has 0 aromatic heterocycles. The van der Waals surface area contributed by atoms with Crippen molar-refractivity contribution in [3.63, 3.8) is 0 Å². The minimum atomic E-state index is -0.615. The topological polar surface area (TPSA) is 40.9 Å². The van der Waals surface area contributed by atoms with Gasteiger partial charge in [-0.25, -0.2) is 0 Å². The summed E-state index contributed by atoms with van der Waals surface area (Å²) in [4.78, 5) is 10.7. The summed E-state index contributed by atoms with van der Waals surface area (Å²) in [7, 11) is 0. The maximum atomic E-state index is 10.7. The van der Waals surface area contributed by atoms with Crippen LogP contribution in [0.5, 0.6) is 0 Å². The Bertz CT molecular complexity index is 289. The van der Waals surface area contributed by atoms with E-state index >= 15 is 0 Å². The van der Waals surface area contributed by atoms with Crippen molar-refractivity contribution in [2.24, 2.45) is 0 Å². The van der Waals surface area contributed by atoms with E-state index in [0.717, 1.165) is 6.42 Å². The number of amides is 1. The van der Waals surface area contributed by atoms with Crippen molar-refractivity contribution in [3.8, 4) is 0 Å². The highest BCUT2D eigenvalue weighted by Crippen LogP contribution is 2.18. The maximum Gasteiger partial charge on any atom is 0.269 e. The van der Waals surface area contributed by atoms with Gasteiger partial charge in [0.25, 0.3) is 5.91 Å². The van der Waals surface area contributed by atoms with Crippen molar-refractivity contribution in [1.82, 2.24) is 5.73 Å². The lowest BCUT2D eigenvalue weighted by molar-refractivity contribution is 0.0992. The van der Waals surface area contributed by atoms with Crippen LogP contribution in [0.1, 0.15) is 42.1 Å². The van der Waals surface area contributed by atoms with Gasteiger partial charge in [0, 0.05) is 5.56 Å². The largest absolute Gasteiger partial charge is 0.269 e. The van der Waals surface area contributed by atoms with Crippen LogP contribution in [0.15, 0.2) is 24.3 Å². The molecule has 0 fully saturated rings. The number of hydrogen-bond acceptors (Lipinski definition) is 1. The van der Waals surface area contributed by atoms with Gasteiger partial charge in [-0.1, -0.05) is 26.0 Å². The fourth-order valence-electron chi connectivity index (χ4n) is 1.20. The molecule has 1 atom stereocenters. The third-order valence-corrected chi connectivity index (χ3v) is 2.35. The van der Waals surface area contributed by atoms with Crippen molar-refractivity contribution in [2.75, 3.05) is 0 Å². The Morgan fingerprint density at radius 3 is 2.31 bits per heavy atom. The molecule has 0 heterocycles. The molecule has 69 valence electrons. The molecule has 1 rings (SSSR count). The Labute approximate surface area is 78.8 Å². The molecular formula is C11H14NO. The Kier molecular flexibility index (Phi) is 3.07. The van der Waals surface area contributed by atoms with Crippen molar-refractivity contribution in [1.29, 1.82) is 0 Å². The highest BCUT2D eigenvalue weighted by molar-refractivity contribution is 5.92. The summed E-state index contributed by atoms with van der Waals surface area (Å²) >= 11 is 0. The lowest BCUT2D eigenvalue weighted by Gasteiger charge is -2.08. The van der Waals surface area contributed by atoms with Crippen LogP contribution in [0.25, 0.3) is 0 Å². The predicted octanol–water partition coefficient (Wildman–Crippen LogP) is 2.62. The van der Waals surface area contributed by atoms with Crippen LogP contribution in [0.3, 0.4) is 0 Å². The van der Waals surface area contributed by atoms with Crippen LogP contribution in [-0.2, 0) is 0 Å².